The normalized spacial score (nSPS) is 10.5. The maximum absolute atomic E-state index is 9.02. The summed E-state index contributed by atoms with van der Waals surface area (Å²) in [6.45, 7) is 5.64. The summed E-state index contributed by atoms with van der Waals surface area (Å²) in [5, 5.41) is 9.37. The third-order valence-corrected chi connectivity index (χ3v) is 3.32. The molecule has 1 rings (SSSR count). The molecule has 0 saturated heterocycles. The summed E-state index contributed by atoms with van der Waals surface area (Å²) in [6.07, 6.45) is 2.02. The molecule has 1 aromatic rings. The van der Waals surface area contributed by atoms with Crippen molar-refractivity contribution >= 4 is 17.4 Å². The van der Waals surface area contributed by atoms with Crippen molar-refractivity contribution in [2.24, 2.45) is 0 Å². The highest BCUT2D eigenvalue weighted by Crippen LogP contribution is 2.22. The lowest BCUT2D eigenvalue weighted by Gasteiger charge is -2.31. The fraction of sp³-hybridized carbons (Fsp3) is 0.571. The van der Waals surface area contributed by atoms with Gasteiger partial charge in [-0.2, -0.15) is 5.26 Å². The Morgan fingerprint density at radius 1 is 1.42 bits per heavy atom. The zero-order valence-electron chi connectivity index (χ0n) is 11.7. The summed E-state index contributed by atoms with van der Waals surface area (Å²) in [5.41, 5.74) is 0.531. The highest BCUT2D eigenvalue weighted by atomic mass is 35.5. The lowest BCUT2D eigenvalue weighted by molar-refractivity contribution is 0.202. The van der Waals surface area contributed by atoms with Crippen LogP contribution >= 0.6 is 11.6 Å². The molecule has 0 radical (unpaired) electrons. The van der Waals surface area contributed by atoms with Gasteiger partial charge >= 0.3 is 0 Å². The molecule has 0 aliphatic rings. The fourth-order valence-corrected chi connectivity index (χ4v) is 2.30. The molecule has 0 amide bonds. The molecule has 0 aromatic carbocycles. The van der Waals surface area contributed by atoms with Gasteiger partial charge in [0.2, 0.25) is 0 Å². The van der Waals surface area contributed by atoms with Crippen LogP contribution in [0.25, 0.3) is 0 Å². The van der Waals surface area contributed by atoms with E-state index in [1.807, 2.05) is 0 Å². The van der Waals surface area contributed by atoms with Gasteiger partial charge in [-0.05, 0) is 25.0 Å². The van der Waals surface area contributed by atoms with Crippen molar-refractivity contribution in [2.75, 3.05) is 25.2 Å². The second-order valence-electron chi connectivity index (χ2n) is 4.31. The monoisotopic (exact) mass is 281 g/mol. The van der Waals surface area contributed by atoms with Gasteiger partial charge in [-0.1, -0.05) is 25.4 Å². The summed E-state index contributed by atoms with van der Waals surface area (Å²) in [6, 6.07) is 5.83. The van der Waals surface area contributed by atoms with Crippen molar-refractivity contribution in [3.05, 3.63) is 22.8 Å². The van der Waals surface area contributed by atoms with E-state index in [-0.39, 0.29) is 0 Å². The highest BCUT2D eigenvalue weighted by Gasteiger charge is 2.17. The minimum absolute atomic E-state index is 0.349. The zero-order chi connectivity index (χ0) is 14.3. The Kier molecular flexibility index (Phi) is 6.61. The van der Waals surface area contributed by atoms with Gasteiger partial charge in [-0.15, -0.1) is 0 Å². The SMILES string of the molecule is CCC(CC)N(CCOC)c1cc(C#N)cc(Cl)n1. The van der Waals surface area contributed by atoms with Crippen molar-refractivity contribution in [3.63, 3.8) is 0 Å². The fourth-order valence-electron chi connectivity index (χ4n) is 2.10. The molecule has 0 bridgehead atoms. The van der Waals surface area contributed by atoms with Gasteiger partial charge < -0.3 is 9.64 Å². The number of rotatable bonds is 7. The summed E-state index contributed by atoms with van der Waals surface area (Å²) in [5.74, 6) is 0.745. The van der Waals surface area contributed by atoms with Crippen LogP contribution in [0.3, 0.4) is 0 Å². The summed E-state index contributed by atoms with van der Waals surface area (Å²) in [4.78, 5) is 6.50. The van der Waals surface area contributed by atoms with Gasteiger partial charge in [0.05, 0.1) is 18.2 Å². The van der Waals surface area contributed by atoms with Gasteiger partial charge in [0.15, 0.2) is 0 Å². The first-order chi connectivity index (χ1) is 9.15. The number of aromatic nitrogens is 1. The van der Waals surface area contributed by atoms with E-state index in [1.165, 1.54) is 0 Å². The molecule has 0 aliphatic carbocycles. The molecule has 1 aromatic heterocycles. The summed E-state index contributed by atoms with van der Waals surface area (Å²) in [7, 11) is 1.68. The Morgan fingerprint density at radius 2 is 2.11 bits per heavy atom. The van der Waals surface area contributed by atoms with Crippen LogP contribution in [0.2, 0.25) is 5.15 Å². The molecule has 0 saturated carbocycles. The first-order valence-corrected chi connectivity index (χ1v) is 6.87. The van der Waals surface area contributed by atoms with E-state index >= 15 is 0 Å². The number of methoxy groups -OCH3 is 1. The molecule has 0 atom stereocenters. The van der Waals surface area contributed by atoms with E-state index in [9.17, 15) is 0 Å². The van der Waals surface area contributed by atoms with Gasteiger partial charge in [-0.25, -0.2) is 4.98 Å². The Hall–Kier alpha value is -1.31. The van der Waals surface area contributed by atoms with E-state index < -0.39 is 0 Å². The van der Waals surface area contributed by atoms with Gasteiger partial charge in [-0.3, -0.25) is 0 Å². The standard InChI is InChI=1S/C14H20ClN3O/c1-4-12(5-2)18(6-7-19-3)14-9-11(10-16)8-13(15)17-14/h8-9,12H,4-7H2,1-3H3. The molecule has 1 heterocycles. The molecule has 104 valence electrons. The van der Waals surface area contributed by atoms with Crippen LogP contribution in [0.1, 0.15) is 32.3 Å². The summed E-state index contributed by atoms with van der Waals surface area (Å²) < 4.78 is 5.15. The minimum Gasteiger partial charge on any atom is -0.383 e. The van der Waals surface area contributed by atoms with Crippen molar-refractivity contribution < 1.29 is 4.74 Å². The lowest BCUT2D eigenvalue weighted by Crippen LogP contribution is -2.37. The average molecular weight is 282 g/mol. The number of ether oxygens (including phenoxy) is 1. The van der Waals surface area contributed by atoms with Crippen molar-refractivity contribution in [1.82, 2.24) is 4.98 Å². The molecular weight excluding hydrogens is 262 g/mol. The molecule has 5 heteroatoms. The predicted octanol–water partition coefficient (Wildman–Crippen LogP) is 3.25. The number of hydrogen-bond acceptors (Lipinski definition) is 4. The second kappa shape index (κ2) is 7.98. The molecule has 19 heavy (non-hydrogen) atoms. The molecule has 0 aliphatic heterocycles. The Bertz CT molecular complexity index is 441. The number of halogens is 1. The number of nitriles is 1. The molecule has 0 N–H and O–H groups in total. The van der Waals surface area contributed by atoms with Crippen LogP contribution < -0.4 is 4.90 Å². The number of hydrogen-bond donors (Lipinski definition) is 0. The molecule has 0 spiro atoms. The maximum atomic E-state index is 9.02. The van der Waals surface area contributed by atoms with E-state index in [0.717, 1.165) is 25.2 Å². The van der Waals surface area contributed by atoms with Crippen molar-refractivity contribution in [1.29, 1.82) is 5.26 Å². The molecule has 4 nitrogen and oxygen atoms in total. The van der Waals surface area contributed by atoms with Crippen LogP contribution in [-0.4, -0.2) is 31.3 Å². The van der Waals surface area contributed by atoms with Crippen molar-refractivity contribution in [2.45, 2.75) is 32.7 Å². The topological polar surface area (TPSA) is 49.1 Å². The number of pyridine rings is 1. The smallest absolute Gasteiger partial charge is 0.132 e. The Balaban J connectivity index is 3.08. The van der Waals surface area contributed by atoms with E-state index in [2.05, 4.69) is 29.8 Å². The maximum Gasteiger partial charge on any atom is 0.132 e. The van der Waals surface area contributed by atoms with E-state index in [1.54, 1.807) is 19.2 Å². The molecule has 0 fully saturated rings. The van der Waals surface area contributed by atoms with Gasteiger partial charge in [0, 0.05) is 19.7 Å². The van der Waals surface area contributed by atoms with Gasteiger partial charge in [0.25, 0.3) is 0 Å². The van der Waals surface area contributed by atoms with Gasteiger partial charge in [0.1, 0.15) is 11.0 Å². The van der Waals surface area contributed by atoms with E-state index in [0.29, 0.717) is 23.4 Å². The van der Waals surface area contributed by atoms with Crippen LogP contribution in [0.15, 0.2) is 12.1 Å². The zero-order valence-corrected chi connectivity index (χ0v) is 12.4. The first-order valence-electron chi connectivity index (χ1n) is 6.49. The van der Waals surface area contributed by atoms with Crippen LogP contribution in [0.5, 0.6) is 0 Å². The number of anilines is 1. The lowest BCUT2D eigenvalue weighted by atomic mass is 10.1. The Morgan fingerprint density at radius 3 is 2.63 bits per heavy atom. The largest absolute Gasteiger partial charge is 0.383 e. The van der Waals surface area contributed by atoms with Crippen LogP contribution in [0, 0.1) is 11.3 Å². The third kappa shape index (κ3) is 4.38. The summed E-state index contributed by atoms with van der Waals surface area (Å²) >= 11 is 5.98. The second-order valence-corrected chi connectivity index (χ2v) is 4.69. The van der Waals surface area contributed by atoms with Crippen LogP contribution in [-0.2, 0) is 4.74 Å². The predicted molar refractivity (Wildman–Crippen MR) is 77.6 cm³/mol. The van der Waals surface area contributed by atoms with E-state index in [4.69, 9.17) is 21.6 Å². The minimum atomic E-state index is 0.349. The first kappa shape index (κ1) is 15.7. The molecule has 0 unspecified atom stereocenters. The van der Waals surface area contributed by atoms with Crippen molar-refractivity contribution in [3.8, 4) is 6.07 Å². The third-order valence-electron chi connectivity index (χ3n) is 3.12. The highest BCUT2D eigenvalue weighted by molar-refractivity contribution is 6.29. The quantitative estimate of drug-likeness (QED) is 0.720. The Labute approximate surface area is 120 Å². The average Bonchev–Trinajstić information content (AvgIpc) is 2.42. The molecular formula is C14H20ClN3O. The number of nitrogens with zero attached hydrogens (tertiary/aromatic N) is 3. The van der Waals surface area contributed by atoms with Crippen LogP contribution in [0.4, 0.5) is 5.82 Å².